The number of nitrogens with zero attached hydrogens (tertiary/aromatic N) is 1. The van der Waals surface area contributed by atoms with Crippen LogP contribution in [-0.2, 0) is 10.0 Å². The molecule has 0 radical (unpaired) electrons. The smallest absolute Gasteiger partial charge is 0.243 e. The van der Waals surface area contributed by atoms with Gasteiger partial charge >= 0.3 is 0 Å². The molecule has 0 aliphatic heterocycles. The molecule has 1 aliphatic carbocycles. The molecular formula is C13H18BrClN2O3S. The highest BCUT2D eigenvalue weighted by atomic mass is 79.9. The van der Waals surface area contributed by atoms with Gasteiger partial charge in [-0.1, -0.05) is 18.5 Å². The molecule has 0 atom stereocenters. The maximum absolute atomic E-state index is 12.3. The van der Waals surface area contributed by atoms with Crippen LogP contribution in [0.2, 0.25) is 5.15 Å². The lowest BCUT2D eigenvalue weighted by Gasteiger charge is -2.34. The van der Waals surface area contributed by atoms with Crippen LogP contribution >= 0.6 is 27.5 Å². The molecule has 0 unspecified atom stereocenters. The maximum Gasteiger partial charge on any atom is 0.243 e. The Labute approximate surface area is 138 Å². The van der Waals surface area contributed by atoms with E-state index in [9.17, 15) is 13.5 Å². The molecule has 0 aromatic carbocycles. The largest absolute Gasteiger partial charge is 0.389 e. The van der Waals surface area contributed by atoms with E-state index in [4.69, 9.17) is 11.6 Å². The van der Waals surface area contributed by atoms with Crippen molar-refractivity contribution in [1.29, 1.82) is 0 Å². The Hall–Kier alpha value is -0.210. The summed E-state index contributed by atoms with van der Waals surface area (Å²) in [6, 6.07) is 1.39. The molecule has 1 heterocycles. The molecule has 0 bridgehead atoms. The van der Waals surface area contributed by atoms with Crippen LogP contribution < -0.4 is 4.72 Å². The van der Waals surface area contributed by atoms with Gasteiger partial charge in [0.15, 0.2) is 0 Å². The van der Waals surface area contributed by atoms with Crippen molar-refractivity contribution in [3.63, 3.8) is 0 Å². The number of nitrogens with one attached hydrogen (secondary N) is 1. The van der Waals surface area contributed by atoms with E-state index in [0.717, 1.165) is 12.8 Å². The predicted octanol–water partition coefficient (Wildman–Crippen LogP) is 2.72. The van der Waals surface area contributed by atoms with Gasteiger partial charge in [-0.3, -0.25) is 0 Å². The first kappa shape index (κ1) is 17.1. The molecule has 5 nitrogen and oxygen atoms in total. The number of hydrogen-bond donors (Lipinski definition) is 2. The van der Waals surface area contributed by atoms with Crippen molar-refractivity contribution >= 4 is 37.6 Å². The van der Waals surface area contributed by atoms with Crippen LogP contribution in [-0.4, -0.2) is 30.7 Å². The Kier molecular flexibility index (Phi) is 5.31. The van der Waals surface area contributed by atoms with E-state index in [1.54, 1.807) is 0 Å². The molecule has 0 amide bonds. The topological polar surface area (TPSA) is 79.3 Å². The first-order chi connectivity index (χ1) is 9.72. The van der Waals surface area contributed by atoms with Crippen molar-refractivity contribution in [2.75, 3.05) is 6.54 Å². The van der Waals surface area contributed by atoms with Crippen molar-refractivity contribution in [2.24, 2.45) is 5.92 Å². The second kappa shape index (κ2) is 6.50. The average Bonchev–Trinajstić information content (AvgIpc) is 2.43. The van der Waals surface area contributed by atoms with Crippen molar-refractivity contribution < 1.29 is 13.5 Å². The minimum absolute atomic E-state index is 0.00903. The number of rotatable bonds is 4. The molecule has 8 heteroatoms. The molecule has 1 aliphatic rings. The minimum atomic E-state index is -3.80. The molecular weight excluding hydrogens is 380 g/mol. The number of halogens is 2. The second-order valence-electron chi connectivity index (χ2n) is 5.67. The fraction of sp³-hybridized carbons (Fsp3) is 0.615. The van der Waals surface area contributed by atoms with E-state index in [-0.39, 0.29) is 16.6 Å². The van der Waals surface area contributed by atoms with Gasteiger partial charge in [-0.15, -0.1) is 0 Å². The van der Waals surface area contributed by atoms with Crippen LogP contribution in [0.15, 0.2) is 21.6 Å². The molecule has 0 spiro atoms. The standard InChI is InChI=1S/C13H18BrClN2O3S/c1-9-2-4-13(18,5-3-9)8-17-21(19,20)11-6-10(14)7-16-12(11)15/h6-7,9,17-18H,2-5,8H2,1H3. The van der Waals surface area contributed by atoms with E-state index >= 15 is 0 Å². The van der Waals surface area contributed by atoms with Gasteiger partial charge in [0.1, 0.15) is 10.0 Å². The van der Waals surface area contributed by atoms with Gasteiger partial charge in [-0.2, -0.15) is 0 Å². The predicted molar refractivity (Wildman–Crippen MR) is 84.7 cm³/mol. The van der Waals surface area contributed by atoms with Crippen LogP contribution in [0.25, 0.3) is 0 Å². The van der Waals surface area contributed by atoms with Gasteiger partial charge in [0.25, 0.3) is 0 Å². The number of aliphatic hydroxyl groups is 1. The highest BCUT2D eigenvalue weighted by Gasteiger charge is 2.33. The van der Waals surface area contributed by atoms with E-state index in [0.29, 0.717) is 23.2 Å². The molecule has 1 aromatic heterocycles. The summed E-state index contributed by atoms with van der Waals surface area (Å²) < 4.78 is 27.5. The quantitative estimate of drug-likeness (QED) is 0.766. The summed E-state index contributed by atoms with van der Waals surface area (Å²) >= 11 is 9.01. The van der Waals surface area contributed by atoms with E-state index in [1.165, 1.54) is 12.3 Å². The molecule has 118 valence electrons. The molecule has 1 fully saturated rings. The zero-order chi connectivity index (χ0) is 15.7. The Morgan fingerprint density at radius 2 is 2.14 bits per heavy atom. The van der Waals surface area contributed by atoms with Crippen molar-refractivity contribution in [2.45, 2.75) is 43.1 Å². The van der Waals surface area contributed by atoms with E-state index in [2.05, 4.69) is 32.6 Å². The Morgan fingerprint density at radius 3 is 2.76 bits per heavy atom. The zero-order valence-corrected chi connectivity index (χ0v) is 14.8. The van der Waals surface area contributed by atoms with E-state index in [1.807, 2.05) is 0 Å². The molecule has 0 saturated heterocycles. The van der Waals surface area contributed by atoms with Gasteiger partial charge in [0, 0.05) is 17.2 Å². The monoisotopic (exact) mass is 396 g/mol. The normalized spacial score (nSPS) is 26.8. The average molecular weight is 398 g/mol. The second-order valence-corrected chi connectivity index (χ2v) is 8.68. The molecule has 1 aromatic rings. The molecule has 2 N–H and O–H groups in total. The lowest BCUT2D eigenvalue weighted by Crippen LogP contribution is -2.45. The summed E-state index contributed by atoms with van der Waals surface area (Å²) in [4.78, 5) is 3.71. The Morgan fingerprint density at radius 1 is 1.52 bits per heavy atom. The fourth-order valence-electron chi connectivity index (χ4n) is 2.38. The third-order valence-corrected chi connectivity index (χ3v) is 6.12. The third kappa shape index (κ3) is 4.39. The highest BCUT2D eigenvalue weighted by molar-refractivity contribution is 9.10. The minimum Gasteiger partial charge on any atom is -0.389 e. The third-order valence-electron chi connectivity index (χ3n) is 3.86. The Bertz CT molecular complexity index is 616. The lowest BCUT2D eigenvalue weighted by atomic mass is 9.80. The van der Waals surface area contributed by atoms with Gasteiger partial charge in [-0.25, -0.2) is 18.1 Å². The summed E-state index contributed by atoms with van der Waals surface area (Å²) in [6.45, 7) is 2.13. The van der Waals surface area contributed by atoms with Crippen molar-refractivity contribution in [3.05, 3.63) is 21.9 Å². The van der Waals surface area contributed by atoms with Gasteiger partial charge < -0.3 is 5.11 Å². The highest BCUT2D eigenvalue weighted by Crippen LogP contribution is 2.32. The van der Waals surface area contributed by atoms with Gasteiger partial charge in [-0.05, 0) is 53.6 Å². The van der Waals surface area contributed by atoms with Gasteiger partial charge in [0.05, 0.1) is 5.60 Å². The molecule has 1 saturated carbocycles. The van der Waals surface area contributed by atoms with Crippen LogP contribution in [0.1, 0.15) is 32.6 Å². The van der Waals surface area contributed by atoms with Crippen molar-refractivity contribution in [1.82, 2.24) is 9.71 Å². The fourth-order valence-corrected chi connectivity index (χ4v) is 4.44. The first-order valence-corrected chi connectivity index (χ1v) is 9.40. The summed E-state index contributed by atoms with van der Waals surface area (Å²) in [5.74, 6) is 0.575. The number of sulfonamides is 1. The Balaban J connectivity index is 2.09. The van der Waals surface area contributed by atoms with Crippen molar-refractivity contribution in [3.8, 4) is 0 Å². The number of hydrogen-bond acceptors (Lipinski definition) is 4. The van der Waals surface area contributed by atoms with Crippen LogP contribution in [0, 0.1) is 5.92 Å². The molecule has 2 rings (SSSR count). The van der Waals surface area contributed by atoms with Crippen LogP contribution in [0.4, 0.5) is 0 Å². The van der Waals surface area contributed by atoms with Crippen LogP contribution in [0.3, 0.4) is 0 Å². The SMILES string of the molecule is CC1CCC(O)(CNS(=O)(=O)c2cc(Br)cnc2Cl)CC1. The van der Waals surface area contributed by atoms with Gasteiger partial charge in [0.2, 0.25) is 10.0 Å². The molecule has 21 heavy (non-hydrogen) atoms. The number of pyridine rings is 1. The lowest BCUT2D eigenvalue weighted by molar-refractivity contribution is -0.00182. The van der Waals surface area contributed by atoms with Crippen LogP contribution in [0.5, 0.6) is 0 Å². The summed E-state index contributed by atoms with van der Waals surface area (Å²) in [5, 5.41) is 10.4. The maximum atomic E-state index is 12.3. The summed E-state index contributed by atoms with van der Waals surface area (Å²) in [6.07, 6.45) is 4.43. The summed E-state index contributed by atoms with van der Waals surface area (Å²) in [5.41, 5.74) is -0.981. The number of aromatic nitrogens is 1. The zero-order valence-electron chi connectivity index (χ0n) is 11.6. The summed E-state index contributed by atoms with van der Waals surface area (Å²) in [7, 11) is -3.80. The first-order valence-electron chi connectivity index (χ1n) is 6.75. The van der Waals surface area contributed by atoms with E-state index < -0.39 is 15.6 Å².